The summed E-state index contributed by atoms with van der Waals surface area (Å²) in [5, 5.41) is 3.17. The van der Waals surface area contributed by atoms with Crippen LogP contribution in [0.4, 0.5) is 0 Å². The topological polar surface area (TPSA) is 32.7 Å². The van der Waals surface area contributed by atoms with Crippen molar-refractivity contribution in [1.82, 2.24) is 4.90 Å². The molecule has 1 heterocycles. The minimum absolute atomic E-state index is 0.100. The standard InChI is InChI=1S/C11H22N2O/c1-2-3-8-13-9-4-6-11(12-14)7-5-10-13/h11H,2-10H2,1H3. The van der Waals surface area contributed by atoms with Crippen molar-refractivity contribution in [2.24, 2.45) is 5.18 Å². The molecule has 0 unspecified atom stereocenters. The molecule has 1 rings (SSSR count). The maximum absolute atomic E-state index is 10.4. The van der Waals surface area contributed by atoms with Crippen molar-refractivity contribution in [2.75, 3.05) is 19.6 Å². The minimum atomic E-state index is 0.100. The van der Waals surface area contributed by atoms with E-state index in [9.17, 15) is 4.91 Å². The lowest BCUT2D eigenvalue weighted by molar-refractivity contribution is 0.237. The van der Waals surface area contributed by atoms with Gasteiger partial charge in [0.05, 0.1) is 6.04 Å². The Morgan fingerprint density at radius 3 is 2.43 bits per heavy atom. The van der Waals surface area contributed by atoms with Crippen LogP contribution in [-0.2, 0) is 0 Å². The van der Waals surface area contributed by atoms with E-state index in [0.29, 0.717) is 0 Å². The quantitative estimate of drug-likeness (QED) is 0.651. The van der Waals surface area contributed by atoms with Crippen LogP contribution in [0.25, 0.3) is 0 Å². The predicted molar refractivity (Wildman–Crippen MR) is 59.4 cm³/mol. The minimum Gasteiger partial charge on any atom is -0.303 e. The van der Waals surface area contributed by atoms with Gasteiger partial charge in [0.25, 0.3) is 0 Å². The predicted octanol–water partition coefficient (Wildman–Crippen LogP) is 2.80. The smallest absolute Gasteiger partial charge is 0.0920 e. The molecule has 0 atom stereocenters. The maximum atomic E-state index is 10.4. The molecule has 0 aromatic carbocycles. The van der Waals surface area contributed by atoms with Gasteiger partial charge >= 0.3 is 0 Å². The van der Waals surface area contributed by atoms with Gasteiger partial charge in [0, 0.05) is 0 Å². The Balaban J connectivity index is 2.21. The van der Waals surface area contributed by atoms with Crippen molar-refractivity contribution in [3.63, 3.8) is 0 Å². The van der Waals surface area contributed by atoms with Crippen LogP contribution in [0.1, 0.15) is 45.4 Å². The summed E-state index contributed by atoms with van der Waals surface area (Å²) in [7, 11) is 0. The first-order chi connectivity index (χ1) is 6.86. The van der Waals surface area contributed by atoms with Crippen LogP contribution in [0.2, 0.25) is 0 Å². The van der Waals surface area contributed by atoms with Crippen LogP contribution in [-0.4, -0.2) is 30.6 Å². The molecule has 0 N–H and O–H groups in total. The van der Waals surface area contributed by atoms with Gasteiger partial charge in [-0.2, -0.15) is 4.91 Å². The average molecular weight is 198 g/mol. The van der Waals surface area contributed by atoms with Gasteiger partial charge in [0.1, 0.15) is 0 Å². The summed E-state index contributed by atoms with van der Waals surface area (Å²) >= 11 is 0. The molecule has 82 valence electrons. The zero-order valence-corrected chi connectivity index (χ0v) is 9.24. The van der Waals surface area contributed by atoms with E-state index >= 15 is 0 Å². The van der Waals surface area contributed by atoms with E-state index in [2.05, 4.69) is 17.0 Å². The zero-order chi connectivity index (χ0) is 10.2. The summed E-state index contributed by atoms with van der Waals surface area (Å²) in [5.41, 5.74) is 0. The molecule has 1 aliphatic rings. The first kappa shape index (κ1) is 11.6. The van der Waals surface area contributed by atoms with E-state index < -0.39 is 0 Å². The van der Waals surface area contributed by atoms with E-state index in [-0.39, 0.29) is 6.04 Å². The van der Waals surface area contributed by atoms with E-state index in [1.807, 2.05) is 0 Å². The highest BCUT2D eigenvalue weighted by Gasteiger charge is 2.14. The Kier molecular flexibility index (Phi) is 5.76. The van der Waals surface area contributed by atoms with Crippen LogP contribution < -0.4 is 0 Å². The van der Waals surface area contributed by atoms with Gasteiger partial charge in [-0.25, -0.2) is 0 Å². The van der Waals surface area contributed by atoms with Crippen LogP contribution in [0, 0.1) is 4.91 Å². The largest absolute Gasteiger partial charge is 0.303 e. The molecular formula is C11H22N2O. The third kappa shape index (κ3) is 4.18. The molecule has 1 fully saturated rings. The number of nitrogens with zero attached hydrogens (tertiary/aromatic N) is 2. The first-order valence-electron chi connectivity index (χ1n) is 5.91. The summed E-state index contributed by atoms with van der Waals surface area (Å²) in [6, 6.07) is 0.100. The summed E-state index contributed by atoms with van der Waals surface area (Å²) in [6.45, 7) is 5.78. The van der Waals surface area contributed by atoms with Crippen molar-refractivity contribution in [2.45, 2.75) is 51.5 Å². The Labute approximate surface area is 86.8 Å². The van der Waals surface area contributed by atoms with Gasteiger partial charge < -0.3 is 4.90 Å². The van der Waals surface area contributed by atoms with Gasteiger partial charge in [0.2, 0.25) is 0 Å². The second-order valence-electron chi connectivity index (χ2n) is 4.24. The lowest BCUT2D eigenvalue weighted by Crippen LogP contribution is -2.30. The number of hydrogen-bond donors (Lipinski definition) is 0. The third-order valence-electron chi connectivity index (χ3n) is 3.00. The number of nitroso groups, excluding NO2 is 1. The van der Waals surface area contributed by atoms with Crippen molar-refractivity contribution < 1.29 is 0 Å². The van der Waals surface area contributed by atoms with Gasteiger partial charge in [-0.1, -0.05) is 18.5 Å². The van der Waals surface area contributed by atoms with Gasteiger partial charge in [0.15, 0.2) is 0 Å². The normalized spacial score (nSPS) is 21.5. The second-order valence-corrected chi connectivity index (χ2v) is 4.24. The highest BCUT2D eigenvalue weighted by Crippen LogP contribution is 2.14. The first-order valence-corrected chi connectivity index (χ1v) is 5.91. The van der Waals surface area contributed by atoms with E-state index in [1.165, 1.54) is 19.4 Å². The molecule has 0 amide bonds. The molecular weight excluding hydrogens is 176 g/mol. The number of hydrogen-bond acceptors (Lipinski definition) is 3. The Morgan fingerprint density at radius 2 is 1.93 bits per heavy atom. The monoisotopic (exact) mass is 198 g/mol. The molecule has 0 spiro atoms. The average Bonchev–Trinajstić information content (AvgIpc) is 2.16. The van der Waals surface area contributed by atoms with E-state index in [4.69, 9.17) is 0 Å². The molecule has 3 heteroatoms. The lowest BCUT2D eigenvalue weighted by atomic mass is 10.0. The van der Waals surface area contributed by atoms with Crippen molar-refractivity contribution in [1.29, 1.82) is 0 Å². The van der Waals surface area contributed by atoms with Gasteiger partial charge in [-0.3, -0.25) is 0 Å². The molecule has 3 nitrogen and oxygen atoms in total. The highest BCUT2D eigenvalue weighted by molar-refractivity contribution is 4.71. The molecule has 0 aliphatic carbocycles. The SMILES string of the molecule is CCCCN1CCCC(N=O)CCC1. The van der Waals surface area contributed by atoms with Crippen LogP contribution in [0.15, 0.2) is 5.18 Å². The molecule has 14 heavy (non-hydrogen) atoms. The fraction of sp³-hybridized carbons (Fsp3) is 1.00. The molecule has 0 bridgehead atoms. The number of likely N-dealkylation sites (tertiary alicyclic amines) is 1. The Morgan fingerprint density at radius 1 is 1.29 bits per heavy atom. The van der Waals surface area contributed by atoms with E-state index in [1.54, 1.807) is 0 Å². The molecule has 0 radical (unpaired) electrons. The highest BCUT2D eigenvalue weighted by atomic mass is 16.3. The van der Waals surface area contributed by atoms with Gasteiger partial charge in [-0.15, -0.1) is 0 Å². The van der Waals surface area contributed by atoms with Crippen LogP contribution >= 0.6 is 0 Å². The Hall–Kier alpha value is -0.440. The van der Waals surface area contributed by atoms with E-state index in [0.717, 1.165) is 38.8 Å². The third-order valence-corrected chi connectivity index (χ3v) is 3.00. The molecule has 0 aromatic rings. The van der Waals surface area contributed by atoms with Crippen LogP contribution in [0.5, 0.6) is 0 Å². The number of rotatable bonds is 4. The zero-order valence-electron chi connectivity index (χ0n) is 9.24. The molecule has 0 aromatic heterocycles. The Bertz CT molecular complexity index is 151. The fourth-order valence-electron chi connectivity index (χ4n) is 2.07. The molecule has 1 saturated heterocycles. The van der Waals surface area contributed by atoms with Crippen molar-refractivity contribution in [3.05, 3.63) is 4.91 Å². The summed E-state index contributed by atoms with van der Waals surface area (Å²) in [6.07, 6.45) is 6.84. The number of unbranched alkanes of at least 4 members (excludes halogenated alkanes) is 1. The fourth-order valence-corrected chi connectivity index (χ4v) is 2.07. The molecule has 1 aliphatic heterocycles. The maximum Gasteiger partial charge on any atom is 0.0920 e. The summed E-state index contributed by atoms with van der Waals surface area (Å²) in [5.74, 6) is 0. The lowest BCUT2D eigenvalue weighted by Gasteiger charge is -2.25. The van der Waals surface area contributed by atoms with Gasteiger partial charge in [-0.05, 0) is 51.7 Å². The molecule has 0 saturated carbocycles. The second kappa shape index (κ2) is 6.93. The summed E-state index contributed by atoms with van der Waals surface area (Å²) < 4.78 is 0. The summed E-state index contributed by atoms with van der Waals surface area (Å²) in [4.78, 5) is 12.9. The van der Waals surface area contributed by atoms with Crippen LogP contribution in [0.3, 0.4) is 0 Å². The van der Waals surface area contributed by atoms with Crippen molar-refractivity contribution in [3.8, 4) is 0 Å². The van der Waals surface area contributed by atoms with Crippen molar-refractivity contribution >= 4 is 0 Å².